The van der Waals surface area contributed by atoms with Crippen LogP contribution in [-0.2, 0) is 9.59 Å². The fourth-order valence-electron chi connectivity index (χ4n) is 6.21. The topological polar surface area (TPSA) is 70.2 Å². The van der Waals surface area contributed by atoms with Gasteiger partial charge in [0.25, 0.3) is 0 Å². The van der Waals surface area contributed by atoms with Gasteiger partial charge in [0.2, 0.25) is 17.7 Å². The maximum atomic E-state index is 14.5. The molecule has 0 unspecified atom stereocenters. The third-order valence-electron chi connectivity index (χ3n) is 8.56. The molecular weight excluding hydrogens is 578 g/mol. The standard InChI is InChI=1S/C30H32ClF4N3O4/c1-2-38(29(41)42-22-6-4-21(32)5-7-22)26-17-37(16-23(26)19-3-8-24(31)25(33)13-19)27(39)18-9-11-36(12-10-18)28(40)20-14-30(34,35)15-20/h3-8,13,18,20,23,26H,2,9-12,14-17H2,1H3/t23-,26+/m0/s1. The van der Waals surface area contributed by atoms with Crippen molar-refractivity contribution >= 4 is 29.5 Å². The molecule has 7 nitrogen and oxygen atoms in total. The summed E-state index contributed by atoms with van der Waals surface area (Å²) >= 11 is 5.91. The number of piperidine rings is 1. The van der Waals surface area contributed by atoms with Crippen LogP contribution in [0.15, 0.2) is 42.5 Å². The number of ether oxygens (including phenoxy) is 1. The molecule has 1 aliphatic carbocycles. The lowest BCUT2D eigenvalue weighted by molar-refractivity contribution is -0.161. The minimum Gasteiger partial charge on any atom is -0.410 e. The molecule has 2 aromatic rings. The molecule has 2 aromatic carbocycles. The van der Waals surface area contributed by atoms with Crippen molar-refractivity contribution in [3.05, 3.63) is 64.7 Å². The van der Waals surface area contributed by atoms with Gasteiger partial charge in [0, 0.05) is 63.3 Å². The SMILES string of the molecule is CCN(C(=O)Oc1ccc(F)cc1)[C@@H]1CN(C(=O)C2CCN(C(=O)C3CC(F)(F)C3)CC2)C[C@H]1c1ccc(Cl)c(F)c1. The molecule has 1 saturated carbocycles. The van der Waals surface area contributed by atoms with Crippen molar-refractivity contribution < 1.29 is 36.7 Å². The van der Waals surface area contributed by atoms with Gasteiger partial charge in [-0.2, -0.15) is 0 Å². The quantitative estimate of drug-likeness (QED) is 0.393. The van der Waals surface area contributed by atoms with E-state index >= 15 is 0 Å². The van der Waals surface area contributed by atoms with Crippen LogP contribution in [0.5, 0.6) is 5.75 Å². The largest absolute Gasteiger partial charge is 0.415 e. The molecule has 0 bridgehead atoms. The highest BCUT2D eigenvalue weighted by Crippen LogP contribution is 2.43. The van der Waals surface area contributed by atoms with Gasteiger partial charge in [-0.1, -0.05) is 17.7 Å². The lowest BCUT2D eigenvalue weighted by Gasteiger charge is -2.40. The van der Waals surface area contributed by atoms with Crippen LogP contribution in [0.3, 0.4) is 0 Å². The van der Waals surface area contributed by atoms with Gasteiger partial charge >= 0.3 is 6.09 Å². The first kappa shape index (κ1) is 30.1. The number of nitrogens with zero attached hydrogens (tertiary/aromatic N) is 3. The van der Waals surface area contributed by atoms with Crippen molar-refractivity contribution in [1.29, 1.82) is 0 Å². The molecule has 2 aliphatic heterocycles. The molecule has 2 saturated heterocycles. The number of hydrogen-bond acceptors (Lipinski definition) is 4. The Morgan fingerprint density at radius 3 is 2.19 bits per heavy atom. The average molecular weight is 610 g/mol. The summed E-state index contributed by atoms with van der Waals surface area (Å²) in [6.45, 7) is 3.02. The number of alkyl halides is 2. The van der Waals surface area contributed by atoms with Crippen LogP contribution in [0.25, 0.3) is 0 Å². The van der Waals surface area contributed by atoms with Gasteiger partial charge in [-0.05, 0) is 61.7 Å². The first-order valence-corrected chi connectivity index (χ1v) is 14.5. The van der Waals surface area contributed by atoms with Gasteiger partial charge in [0.05, 0.1) is 11.1 Å². The van der Waals surface area contributed by atoms with E-state index in [0.717, 1.165) is 0 Å². The minimum absolute atomic E-state index is 0.0452. The smallest absolute Gasteiger partial charge is 0.410 e. The predicted molar refractivity (Wildman–Crippen MR) is 146 cm³/mol. The number of hydrogen-bond donors (Lipinski definition) is 0. The Bertz CT molecular complexity index is 1330. The van der Waals surface area contributed by atoms with Gasteiger partial charge in [0.1, 0.15) is 17.4 Å². The number of amides is 3. The normalized spacial score (nSPS) is 22.5. The van der Waals surface area contributed by atoms with Crippen molar-refractivity contribution in [3.8, 4) is 5.75 Å². The second-order valence-corrected chi connectivity index (χ2v) is 11.7. The molecule has 42 heavy (non-hydrogen) atoms. The molecule has 0 N–H and O–H groups in total. The third-order valence-corrected chi connectivity index (χ3v) is 8.87. The third kappa shape index (κ3) is 6.35. The molecule has 12 heteroatoms. The molecule has 3 fully saturated rings. The Morgan fingerprint density at radius 2 is 1.60 bits per heavy atom. The number of carbonyl (C=O) groups excluding carboxylic acids is 3. The summed E-state index contributed by atoms with van der Waals surface area (Å²) in [5, 5.41) is -0.0452. The van der Waals surface area contributed by atoms with E-state index in [2.05, 4.69) is 0 Å². The van der Waals surface area contributed by atoms with Crippen LogP contribution in [0.4, 0.5) is 22.4 Å². The summed E-state index contributed by atoms with van der Waals surface area (Å²) in [7, 11) is 0. The molecular formula is C30H32ClF4N3O4. The summed E-state index contributed by atoms with van der Waals surface area (Å²) in [5.41, 5.74) is 0.572. The van der Waals surface area contributed by atoms with E-state index in [1.54, 1.807) is 22.8 Å². The Hall–Kier alpha value is -3.34. The van der Waals surface area contributed by atoms with Crippen LogP contribution < -0.4 is 4.74 Å². The van der Waals surface area contributed by atoms with Crippen LogP contribution in [0.1, 0.15) is 44.1 Å². The van der Waals surface area contributed by atoms with Crippen LogP contribution >= 0.6 is 11.6 Å². The van der Waals surface area contributed by atoms with E-state index in [9.17, 15) is 31.9 Å². The molecule has 2 atom stereocenters. The highest BCUT2D eigenvalue weighted by Gasteiger charge is 2.50. The van der Waals surface area contributed by atoms with Gasteiger partial charge in [-0.15, -0.1) is 0 Å². The number of benzene rings is 2. The molecule has 226 valence electrons. The number of rotatable bonds is 6. The fraction of sp³-hybridized carbons (Fsp3) is 0.500. The molecule has 3 amide bonds. The average Bonchev–Trinajstić information content (AvgIpc) is 3.39. The number of likely N-dealkylation sites (tertiary alicyclic amines) is 2. The summed E-state index contributed by atoms with van der Waals surface area (Å²) < 4.78 is 59.8. The van der Waals surface area contributed by atoms with E-state index in [-0.39, 0.29) is 48.1 Å². The first-order chi connectivity index (χ1) is 20.0. The lowest BCUT2D eigenvalue weighted by atomic mass is 9.80. The highest BCUT2D eigenvalue weighted by atomic mass is 35.5. The summed E-state index contributed by atoms with van der Waals surface area (Å²) in [4.78, 5) is 44.2. The maximum Gasteiger partial charge on any atom is 0.415 e. The number of carbonyl (C=O) groups is 3. The molecule has 3 aliphatic rings. The zero-order valence-corrected chi connectivity index (χ0v) is 23.8. The molecule has 0 spiro atoms. The Balaban J connectivity index is 1.29. The Morgan fingerprint density at radius 1 is 0.952 bits per heavy atom. The van der Waals surface area contributed by atoms with Crippen molar-refractivity contribution in [2.45, 2.75) is 50.5 Å². The summed E-state index contributed by atoms with van der Waals surface area (Å²) in [6, 6.07) is 8.89. The van der Waals surface area contributed by atoms with Gasteiger partial charge < -0.3 is 19.4 Å². The van der Waals surface area contributed by atoms with Crippen molar-refractivity contribution in [2.24, 2.45) is 11.8 Å². The van der Waals surface area contributed by atoms with Gasteiger partial charge in [-0.25, -0.2) is 22.4 Å². The van der Waals surface area contributed by atoms with E-state index in [1.807, 2.05) is 0 Å². The van der Waals surface area contributed by atoms with E-state index in [0.29, 0.717) is 31.5 Å². The summed E-state index contributed by atoms with van der Waals surface area (Å²) in [5.74, 6) is -5.61. The van der Waals surface area contributed by atoms with Crippen molar-refractivity contribution in [3.63, 3.8) is 0 Å². The van der Waals surface area contributed by atoms with Crippen molar-refractivity contribution in [1.82, 2.24) is 14.7 Å². The zero-order chi connectivity index (χ0) is 30.2. The number of likely N-dealkylation sites (N-methyl/N-ethyl adjacent to an activating group) is 1. The second-order valence-electron chi connectivity index (χ2n) is 11.3. The lowest BCUT2D eigenvalue weighted by Crippen LogP contribution is -2.50. The van der Waals surface area contributed by atoms with Crippen LogP contribution in [0, 0.1) is 23.5 Å². The predicted octanol–water partition coefficient (Wildman–Crippen LogP) is 5.72. The Kier molecular flexibility index (Phi) is 8.68. The maximum absolute atomic E-state index is 14.5. The van der Waals surface area contributed by atoms with Crippen LogP contribution in [0.2, 0.25) is 5.02 Å². The van der Waals surface area contributed by atoms with Crippen molar-refractivity contribution in [2.75, 3.05) is 32.7 Å². The van der Waals surface area contributed by atoms with Gasteiger partial charge in [0.15, 0.2) is 0 Å². The molecule has 0 radical (unpaired) electrons. The van der Waals surface area contributed by atoms with Gasteiger partial charge in [-0.3, -0.25) is 9.59 Å². The van der Waals surface area contributed by atoms with E-state index in [4.69, 9.17) is 16.3 Å². The van der Waals surface area contributed by atoms with E-state index in [1.165, 1.54) is 41.3 Å². The molecule has 5 rings (SSSR count). The highest BCUT2D eigenvalue weighted by molar-refractivity contribution is 6.30. The monoisotopic (exact) mass is 609 g/mol. The van der Waals surface area contributed by atoms with Crippen LogP contribution in [-0.4, -0.2) is 77.3 Å². The zero-order valence-electron chi connectivity index (χ0n) is 23.1. The minimum atomic E-state index is -2.78. The number of halogens is 5. The summed E-state index contributed by atoms with van der Waals surface area (Å²) in [6.07, 6.45) is -0.733. The molecule has 2 heterocycles. The fourth-order valence-corrected chi connectivity index (χ4v) is 6.33. The first-order valence-electron chi connectivity index (χ1n) is 14.1. The second kappa shape index (κ2) is 12.1. The Labute approximate surface area is 246 Å². The molecule has 0 aromatic heterocycles. The van der Waals surface area contributed by atoms with E-state index < -0.39 is 54.4 Å².